The van der Waals surface area contributed by atoms with Crippen LogP contribution in [0.2, 0.25) is 0 Å². The summed E-state index contributed by atoms with van der Waals surface area (Å²) in [4.78, 5) is 0. The Balaban J connectivity index is 0.000000443. The fourth-order valence-electron chi connectivity index (χ4n) is 1.76. The van der Waals surface area contributed by atoms with Crippen LogP contribution in [0.4, 0.5) is 0 Å². The minimum atomic E-state index is 0. The van der Waals surface area contributed by atoms with E-state index in [2.05, 4.69) is 0 Å². The van der Waals surface area contributed by atoms with Crippen LogP contribution in [0.25, 0.3) is 0 Å². The van der Waals surface area contributed by atoms with E-state index in [1.165, 1.54) is 0 Å². The van der Waals surface area contributed by atoms with Crippen LogP contribution in [0.3, 0.4) is 0 Å². The summed E-state index contributed by atoms with van der Waals surface area (Å²) >= 11 is 0. The third kappa shape index (κ3) is 20.4. The zero-order valence-corrected chi connectivity index (χ0v) is 15.6. The van der Waals surface area contributed by atoms with E-state index < -0.39 is 0 Å². The molecule has 2 aliphatic heterocycles. The Bertz CT molecular complexity index is 138. The molecule has 0 radical (unpaired) electrons. The molecule has 0 aromatic rings. The molecule has 25 heavy (non-hydrogen) atoms. The first-order valence-electron chi connectivity index (χ1n) is 8.62. The van der Waals surface area contributed by atoms with Crippen LogP contribution in [-0.4, -0.2) is 106 Å². The molecule has 0 N–H and O–H groups in total. The molecule has 0 amide bonds. The third-order valence-electron chi connectivity index (χ3n) is 2.98. The molecule has 0 spiro atoms. The summed E-state index contributed by atoms with van der Waals surface area (Å²) in [6.45, 7) is 10.3. The van der Waals surface area contributed by atoms with Crippen LogP contribution in [0, 0.1) is 0 Å². The van der Waals surface area contributed by atoms with Crippen LogP contribution < -0.4 is 18.9 Å². The quantitative estimate of drug-likeness (QED) is 0.428. The summed E-state index contributed by atoms with van der Waals surface area (Å²) in [7, 11) is 0. The number of ether oxygens (including phenoxy) is 8. The molecule has 0 unspecified atom stereocenters. The van der Waals surface area contributed by atoms with E-state index in [0.717, 1.165) is 0 Å². The predicted molar refractivity (Wildman–Crippen MR) is 86.6 cm³/mol. The fraction of sp³-hybridized carbons (Fsp3) is 1.00. The van der Waals surface area contributed by atoms with E-state index in [0.29, 0.717) is 106 Å². The minimum absolute atomic E-state index is 0. The van der Waals surface area contributed by atoms with Crippen molar-refractivity contribution >= 4 is 0 Å². The Hall–Kier alpha value is 0.277. The third-order valence-corrected chi connectivity index (χ3v) is 2.98. The molecule has 0 aromatic carbocycles. The Morgan fingerprint density at radius 3 is 0.360 bits per heavy atom. The molecule has 0 aromatic heterocycles. The van der Waals surface area contributed by atoms with Gasteiger partial charge in [0.25, 0.3) is 0 Å². The van der Waals surface area contributed by atoms with E-state index in [1.54, 1.807) is 0 Å². The minimum Gasteiger partial charge on any atom is -0.377 e. The van der Waals surface area contributed by atoms with Gasteiger partial charge in [0.15, 0.2) is 0 Å². The summed E-state index contributed by atoms with van der Waals surface area (Å²) in [5, 5.41) is 0. The van der Waals surface area contributed by atoms with Gasteiger partial charge in [0, 0.05) is 0 Å². The van der Waals surface area contributed by atoms with Gasteiger partial charge in [0.2, 0.25) is 0 Å². The van der Waals surface area contributed by atoms with Gasteiger partial charge in [0.1, 0.15) is 0 Å². The molecule has 2 rings (SSSR count). The smallest absolute Gasteiger partial charge is 0.377 e. The van der Waals surface area contributed by atoms with Crippen molar-refractivity contribution < 1.29 is 56.8 Å². The second-order valence-corrected chi connectivity index (χ2v) is 4.90. The van der Waals surface area contributed by atoms with E-state index in [9.17, 15) is 0 Å². The van der Waals surface area contributed by atoms with Crippen molar-refractivity contribution in [2.75, 3.05) is 106 Å². The number of rotatable bonds is 0. The molecule has 8 nitrogen and oxygen atoms in total. The molecule has 0 aliphatic carbocycles. The summed E-state index contributed by atoms with van der Waals surface area (Å²) in [6.07, 6.45) is 0. The van der Waals surface area contributed by atoms with Gasteiger partial charge in [-0.2, -0.15) is 0 Å². The molecule has 0 atom stereocenters. The van der Waals surface area contributed by atoms with Crippen LogP contribution in [0.15, 0.2) is 0 Å². The molecular weight excluding hydrogens is 327 g/mol. The van der Waals surface area contributed by atoms with Crippen LogP contribution in [0.1, 0.15) is 0 Å². The van der Waals surface area contributed by atoms with Gasteiger partial charge < -0.3 is 37.9 Å². The Labute approximate surface area is 162 Å². The van der Waals surface area contributed by atoms with Gasteiger partial charge in [-0.1, -0.05) is 0 Å². The Morgan fingerprint density at radius 1 is 0.200 bits per heavy atom. The van der Waals surface area contributed by atoms with Crippen molar-refractivity contribution in [3.63, 3.8) is 0 Å². The van der Waals surface area contributed by atoms with E-state index in [1.807, 2.05) is 0 Å². The molecule has 9 heteroatoms. The van der Waals surface area contributed by atoms with Gasteiger partial charge in [-0.3, -0.25) is 0 Å². The standard InChI is InChI=1S/2C8H16O4.Li/c2*1-2-10-5-6-12-8-7-11-4-3-9-1;/h2*1-8H2;/q;;+1. The van der Waals surface area contributed by atoms with E-state index in [4.69, 9.17) is 37.9 Å². The van der Waals surface area contributed by atoms with Crippen molar-refractivity contribution in [1.82, 2.24) is 0 Å². The summed E-state index contributed by atoms with van der Waals surface area (Å²) in [5.41, 5.74) is 0. The molecule has 2 heterocycles. The number of hydrogen-bond acceptors (Lipinski definition) is 8. The van der Waals surface area contributed by atoms with Crippen LogP contribution >= 0.6 is 0 Å². The second kappa shape index (κ2) is 22.3. The zero-order chi connectivity index (χ0) is 17.0. The average Bonchev–Trinajstić information content (AvgIpc) is 2.56. The Morgan fingerprint density at radius 2 is 0.280 bits per heavy atom. The molecule has 2 aliphatic rings. The summed E-state index contributed by atoms with van der Waals surface area (Å²) in [6, 6.07) is 0. The topological polar surface area (TPSA) is 73.8 Å². The normalized spacial score (nSPS) is 23.0. The van der Waals surface area contributed by atoms with E-state index in [-0.39, 0.29) is 18.9 Å². The Kier molecular flexibility index (Phi) is 22.6. The van der Waals surface area contributed by atoms with Crippen molar-refractivity contribution in [3.05, 3.63) is 0 Å². The van der Waals surface area contributed by atoms with Gasteiger partial charge in [0.05, 0.1) is 106 Å². The first-order valence-corrected chi connectivity index (χ1v) is 8.62. The molecule has 2 saturated heterocycles. The molecule has 2 fully saturated rings. The summed E-state index contributed by atoms with van der Waals surface area (Å²) < 4.78 is 41.7. The van der Waals surface area contributed by atoms with Gasteiger partial charge >= 0.3 is 18.9 Å². The first kappa shape index (κ1) is 25.3. The molecule has 144 valence electrons. The molecule has 0 saturated carbocycles. The maximum atomic E-state index is 5.22. The summed E-state index contributed by atoms with van der Waals surface area (Å²) in [5.74, 6) is 0. The van der Waals surface area contributed by atoms with Gasteiger partial charge in [-0.25, -0.2) is 0 Å². The van der Waals surface area contributed by atoms with Crippen molar-refractivity contribution in [2.24, 2.45) is 0 Å². The first-order chi connectivity index (χ1) is 12.0. The second-order valence-electron chi connectivity index (χ2n) is 4.90. The van der Waals surface area contributed by atoms with Crippen molar-refractivity contribution in [1.29, 1.82) is 0 Å². The largest absolute Gasteiger partial charge is 1.00 e. The maximum absolute atomic E-state index is 5.22. The van der Waals surface area contributed by atoms with Crippen LogP contribution in [-0.2, 0) is 37.9 Å². The SMILES string of the molecule is C1COCCOCCOCCO1.C1COCCOCCOCCO1.[Li+]. The fourth-order valence-corrected chi connectivity index (χ4v) is 1.76. The van der Waals surface area contributed by atoms with Gasteiger partial charge in [-0.15, -0.1) is 0 Å². The number of hydrogen-bond donors (Lipinski definition) is 0. The van der Waals surface area contributed by atoms with Crippen molar-refractivity contribution in [3.8, 4) is 0 Å². The zero-order valence-electron chi connectivity index (χ0n) is 15.6. The van der Waals surface area contributed by atoms with Crippen LogP contribution in [0.5, 0.6) is 0 Å². The monoisotopic (exact) mass is 359 g/mol. The predicted octanol–water partition coefficient (Wildman–Crippen LogP) is -2.86. The molecule has 0 bridgehead atoms. The molecular formula is C16H32LiO8+. The maximum Gasteiger partial charge on any atom is 1.00 e. The van der Waals surface area contributed by atoms with E-state index >= 15 is 0 Å². The van der Waals surface area contributed by atoms with Gasteiger partial charge in [-0.05, 0) is 0 Å². The average molecular weight is 359 g/mol. The van der Waals surface area contributed by atoms with Crippen molar-refractivity contribution in [2.45, 2.75) is 0 Å².